The van der Waals surface area contributed by atoms with Gasteiger partial charge in [0.15, 0.2) is 0 Å². The van der Waals surface area contributed by atoms with Crippen molar-refractivity contribution < 1.29 is 13.6 Å². The molecule has 0 aliphatic rings. The summed E-state index contributed by atoms with van der Waals surface area (Å²) < 4.78 is 18.7. The van der Waals surface area contributed by atoms with E-state index in [1.807, 2.05) is 0 Å². The molecule has 3 rings (SSSR count). The summed E-state index contributed by atoms with van der Waals surface area (Å²) in [7, 11) is 0. The van der Waals surface area contributed by atoms with Crippen LogP contribution in [0.5, 0.6) is 0 Å². The molecule has 140 valence electrons. The highest BCUT2D eigenvalue weighted by Gasteiger charge is 2.18. The standard InChI is InChI=1S/C16H8Cl4FN3O3/c17-9-5-10(18)13(20)14(12(9)19)22-11(25)6-24-16(26)27-15(23-24)7-1-3-8(21)4-2-7/h1-5H,6H2,(H,22,25). The summed E-state index contributed by atoms with van der Waals surface area (Å²) in [5, 5.41) is 6.53. The molecule has 3 aromatic rings. The predicted molar refractivity (Wildman–Crippen MR) is 101 cm³/mol. The first-order valence-electron chi connectivity index (χ1n) is 7.23. The number of rotatable bonds is 4. The zero-order valence-electron chi connectivity index (χ0n) is 13.1. The molecule has 0 fully saturated rings. The molecule has 0 aliphatic carbocycles. The van der Waals surface area contributed by atoms with Gasteiger partial charge in [-0.25, -0.2) is 9.18 Å². The number of carbonyl (C=O) groups is 1. The zero-order chi connectivity index (χ0) is 19.7. The summed E-state index contributed by atoms with van der Waals surface area (Å²) >= 11 is 23.9. The van der Waals surface area contributed by atoms with E-state index in [4.69, 9.17) is 50.8 Å². The predicted octanol–water partition coefficient (Wildman–Crippen LogP) is 4.89. The summed E-state index contributed by atoms with van der Waals surface area (Å²) in [6.45, 7) is -0.486. The second-order valence-electron chi connectivity index (χ2n) is 5.23. The topological polar surface area (TPSA) is 77.1 Å². The third-order valence-electron chi connectivity index (χ3n) is 3.37. The number of anilines is 1. The molecule has 1 N–H and O–H groups in total. The Kier molecular flexibility index (Phi) is 5.76. The summed E-state index contributed by atoms with van der Waals surface area (Å²) in [6.07, 6.45) is 0. The van der Waals surface area contributed by atoms with Gasteiger partial charge >= 0.3 is 5.76 Å². The van der Waals surface area contributed by atoms with E-state index in [9.17, 15) is 14.0 Å². The summed E-state index contributed by atoms with van der Waals surface area (Å²) in [5.74, 6) is -2.05. The van der Waals surface area contributed by atoms with E-state index < -0.39 is 24.0 Å². The van der Waals surface area contributed by atoms with Gasteiger partial charge in [-0.3, -0.25) is 4.79 Å². The molecule has 1 aromatic heterocycles. The van der Waals surface area contributed by atoms with Gasteiger partial charge in [0.1, 0.15) is 12.4 Å². The molecule has 0 radical (unpaired) electrons. The maximum absolute atomic E-state index is 13.0. The third kappa shape index (κ3) is 4.27. The van der Waals surface area contributed by atoms with Crippen LogP contribution in [0.4, 0.5) is 10.1 Å². The van der Waals surface area contributed by atoms with Gasteiger partial charge in [-0.1, -0.05) is 46.4 Å². The minimum Gasteiger partial charge on any atom is -0.388 e. The molecule has 0 bridgehead atoms. The minimum atomic E-state index is -0.870. The van der Waals surface area contributed by atoms with Gasteiger partial charge in [0.05, 0.1) is 25.8 Å². The van der Waals surface area contributed by atoms with E-state index in [0.29, 0.717) is 5.56 Å². The normalized spacial score (nSPS) is 10.9. The van der Waals surface area contributed by atoms with Crippen LogP contribution in [-0.2, 0) is 11.3 Å². The fourth-order valence-corrected chi connectivity index (χ4v) is 3.02. The van der Waals surface area contributed by atoms with Crippen molar-refractivity contribution in [3.63, 3.8) is 0 Å². The van der Waals surface area contributed by atoms with Gasteiger partial charge in [-0.15, -0.1) is 5.10 Å². The first-order valence-corrected chi connectivity index (χ1v) is 8.74. The lowest BCUT2D eigenvalue weighted by molar-refractivity contribution is -0.117. The number of nitrogens with zero attached hydrogens (tertiary/aromatic N) is 2. The van der Waals surface area contributed by atoms with Crippen molar-refractivity contribution in [2.75, 3.05) is 5.32 Å². The second kappa shape index (κ2) is 7.90. The Morgan fingerprint density at radius 3 is 2.30 bits per heavy atom. The first-order chi connectivity index (χ1) is 12.8. The van der Waals surface area contributed by atoms with Crippen LogP contribution in [0.25, 0.3) is 11.5 Å². The molecule has 2 aromatic carbocycles. The van der Waals surface area contributed by atoms with E-state index in [1.165, 1.54) is 30.3 Å². The van der Waals surface area contributed by atoms with E-state index in [1.54, 1.807) is 0 Å². The maximum Gasteiger partial charge on any atom is 0.437 e. The van der Waals surface area contributed by atoms with Crippen molar-refractivity contribution in [2.45, 2.75) is 6.54 Å². The molecule has 0 saturated heterocycles. The van der Waals surface area contributed by atoms with Crippen molar-refractivity contribution in [1.82, 2.24) is 9.78 Å². The smallest absolute Gasteiger partial charge is 0.388 e. The number of hydrogen-bond donors (Lipinski definition) is 1. The zero-order valence-corrected chi connectivity index (χ0v) is 16.1. The molecular formula is C16H8Cl4FN3O3. The maximum atomic E-state index is 13.0. The monoisotopic (exact) mass is 449 g/mol. The Morgan fingerprint density at radius 1 is 1.11 bits per heavy atom. The Balaban J connectivity index is 1.82. The summed E-state index contributed by atoms with van der Waals surface area (Å²) in [5.41, 5.74) is 0.386. The fourth-order valence-electron chi connectivity index (χ4n) is 2.11. The van der Waals surface area contributed by atoms with Crippen LogP contribution in [0.15, 0.2) is 39.5 Å². The molecule has 11 heteroatoms. The number of halogens is 5. The Labute approximate surface area is 171 Å². The average Bonchev–Trinajstić information content (AvgIpc) is 2.98. The lowest BCUT2D eigenvalue weighted by Gasteiger charge is -2.11. The lowest BCUT2D eigenvalue weighted by Crippen LogP contribution is -2.26. The van der Waals surface area contributed by atoms with Gasteiger partial charge in [0.25, 0.3) is 0 Å². The molecule has 27 heavy (non-hydrogen) atoms. The number of hydrogen-bond acceptors (Lipinski definition) is 4. The molecule has 1 amide bonds. The number of amides is 1. The third-order valence-corrected chi connectivity index (χ3v) is 4.94. The SMILES string of the molecule is O=C(Cn1nc(-c2ccc(F)cc2)oc1=O)Nc1c(Cl)c(Cl)cc(Cl)c1Cl. The molecule has 1 heterocycles. The molecule has 6 nitrogen and oxygen atoms in total. The Morgan fingerprint density at radius 2 is 1.70 bits per heavy atom. The molecule has 0 saturated carbocycles. The minimum absolute atomic E-state index is 0.00100. The van der Waals surface area contributed by atoms with Crippen LogP contribution in [0.3, 0.4) is 0 Å². The van der Waals surface area contributed by atoms with Crippen LogP contribution in [0.1, 0.15) is 0 Å². The molecule has 0 spiro atoms. The van der Waals surface area contributed by atoms with Crippen LogP contribution in [0, 0.1) is 5.82 Å². The highest BCUT2D eigenvalue weighted by atomic mass is 35.5. The number of carbonyl (C=O) groups excluding carboxylic acids is 1. The van der Waals surface area contributed by atoms with Gasteiger partial charge in [0, 0.05) is 5.56 Å². The van der Waals surface area contributed by atoms with Crippen LogP contribution >= 0.6 is 46.4 Å². The Bertz CT molecular complexity index is 1050. The largest absolute Gasteiger partial charge is 0.437 e. The Hall–Kier alpha value is -2.06. The fraction of sp³-hybridized carbons (Fsp3) is 0.0625. The van der Waals surface area contributed by atoms with Crippen LogP contribution in [-0.4, -0.2) is 15.7 Å². The molecular weight excluding hydrogens is 443 g/mol. The van der Waals surface area contributed by atoms with Gasteiger partial charge in [-0.2, -0.15) is 4.68 Å². The van der Waals surface area contributed by atoms with Crippen molar-refractivity contribution in [1.29, 1.82) is 0 Å². The second-order valence-corrected chi connectivity index (χ2v) is 6.80. The van der Waals surface area contributed by atoms with E-state index in [0.717, 1.165) is 4.68 Å². The van der Waals surface area contributed by atoms with Crippen molar-refractivity contribution >= 4 is 58.0 Å². The van der Waals surface area contributed by atoms with Crippen molar-refractivity contribution in [3.8, 4) is 11.5 Å². The van der Waals surface area contributed by atoms with Gasteiger partial charge in [-0.05, 0) is 30.3 Å². The van der Waals surface area contributed by atoms with Crippen molar-refractivity contribution in [3.05, 3.63) is 66.8 Å². The quantitative estimate of drug-likeness (QED) is 0.573. The van der Waals surface area contributed by atoms with E-state index >= 15 is 0 Å². The first kappa shape index (κ1) is 19.7. The summed E-state index contributed by atoms with van der Waals surface area (Å²) in [6, 6.07) is 6.49. The van der Waals surface area contributed by atoms with Gasteiger partial charge < -0.3 is 9.73 Å². The average molecular weight is 451 g/mol. The van der Waals surface area contributed by atoms with E-state index in [2.05, 4.69) is 10.4 Å². The highest BCUT2D eigenvalue weighted by molar-refractivity contribution is 6.50. The highest BCUT2D eigenvalue weighted by Crippen LogP contribution is 2.40. The molecule has 0 unspecified atom stereocenters. The van der Waals surface area contributed by atoms with Crippen LogP contribution in [0.2, 0.25) is 20.1 Å². The van der Waals surface area contributed by atoms with Crippen LogP contribution < -0.4 is 11.1 Å². The number of nitrogens with one attached hydrogen (secondary N) is 1. The number of aromatic nitrogens is 2. The summed E-state index contributed by atoms with van der Waals surface area (Å²) in [4.78, 5) is 24.1. The molecule has 0 aliphatic heterocycles. The van der Waals surface area contributed by atoms with E-state index in [-0.39, 0.29) is 31.7 Å². The molecule has 0 atom stereocenters. The number of benzene rings is 2. The van der Waals surface area contributed by atoms with Crippen molar-refractivity contribution in [2.24, 2.45) is 0 Å². The lowest BCUT2D eigenvalue weighted by atomic mass is 10.2. The van der Waals surface area contributed by atoms with Gasteiger partial charge in [0.2, 0.25) is 11.8 Å².